The minimum absolute atomic E-state index is 0.122. The number of benzene rings is 1. The lowest BCUT2D eigenvalue weighted by Gasteiger charge is -2.03. The van der Waals surface area contributed by atoms with Crippen molar-refractivity contribution in [3.8, 4) is 5.75 Å². The highest BCUT2D eigenvalue weighted by Crippen LogP contribution is 2.16. The number of allylic oxidation sites excluding steroid dienone is 1. The van der Waals surface area contributed by atoms with E-state index >= 15 is 0 Å². The number of aromatic nitrogens is 2. The second-order valence-corrected chi connectivity index (χ2v) is 5.70. The molecule has 0 radical (unpaired) electrons. The van der Waals surface area contributed by atoms with Crippen molar-refractivity contribution in [2.24, 2.45) is 0 Å². The number of ketones is 1. The molecule has 3 aromatic rings. The highest BCUT2D eigenvalue weighted by Gasteiger charge is 2.11. The van der Waals surface area contributed by atoms with Gasteiger partial charge in [-0.1, -0.05) is 0 Å². The molecule has 5 nitrogen and oxygen atoms in total. The molecule has 0 bridgehead atoms. The fourth-order valence-corrected chi connectivity index (χ4v) is 2.50. The first kappa shape index (κ1) is 17.7. The van der Waals surface area contributed by atoms with Crippen LogP contribution in [0.15, 0.2) is 53.1 Å². The number of ether oxygens (including phenoxy) is 1. The van der Waals surface area contributed by atoms with Gasteiger partial charge in [-0.3, -0.25) is 9.48 Å². The molecular formula is C20H19FN2O3. The van der Waals surface area contributed by atoms with Crippen LogP contribution in [0.2, 0.25) is 0 Å². The zero-order valence-corrected chi connectivity index (χ0v) is 14.6. The maximum Gasteiger partial charge on any atom is 0.189 e. The third-order valence-corrected chi connectivity index (χ3v) is 3.94. The summed E-state index contributed by atoms with van der Waals surface area (Å²) in [6.45, 7) is 4.78. The minimum Gasteiger partial charge on any atom is -0.486 e. The Labute approximate surface area is 150 Å². The van der Waals surface area contributed by atoms with Crippen LogP contribution in [0, 0.1) is 12.7 Å². The van der Waals surface area contributed by atoms with E-state index in [4.69, 9.17) is 9.15 Å². The summed E-state index contributed by atoms with van der Waals surface area (Å²) in [5.74, 6) is 1.28. The van der Waals surface area contributed by atoms with Crippen LogP contribution in [0.4, 0.5) is 4.39 Å². The van der Waals surface area contributed by atoms with Gasteiger partial charge in [-0.25, -0.2) is 4.39 Å². The molecule has 134 valence electrons. The Morgan fingerprint density at radius 3 is 2.73 bits per heavy atom. The van der Waals surface area contributed by atoms with Crippen LogP contribution in [-0.4, -0.2) is 15.6 Å². The molecular weight excluding hydrogens is 335 g/mol. The molecule has 0 atom stereocenters. The minimum atomic E-state index is -0.313. The van der Waals surface area contributed by atoms with Crippen molar-refractivity contribution in [3.05, 3.63) is 77.3 Å². The molecule has 26 heavy (non-hydrogen) atoms. The van der Waals surface area contributed by atoms with E-state index in [1.165, 1.54) is 18.2 Å². The molecule has 0 N–H and O–H groups in total. The number of carbonyl (C=O) groups is 1. The maximum absolute atomic E-state index is 12.9. The molecule has 0 aliphatic carbocycles. The molecule has 0 spiro atoms. The van der Waals surface area contributed by atoms with Crippen LogP contribution >= 0.6 is 0 Å². The van der Waals surface area contributed by atoms with Gasteiger partial charge in [0.25, 0.3) is 0 Å². The summed E-state index contributed by atoms with van der Waals surface area (Å²) in [5, 5.41) is 4.17. The molecule has 1 aromatic carbocycles. The van der Waals surface area contributed by atoms with E-state index < -0.39 is 0 Å². The lowest BCUT2D eigenvalue weighted by atomic mass is 10.1. The Hall–Kier alpha value is -3.15. The fourth-order valence-electron chi connectivity index (χ4n) is 2.50. The largest absolute Gasteiger partial charge is 0.486 e. The van der Waals surface area contributed by atoms with Gasteiger partial charge in [0.05, 0.1) is 11.8 Å². The number of hydrogen-bond donors (Lipinski definition) is 0. The predicted molar refractivity (Wildman–Crippen MR) is 95.4 cm³/mol. The van der Waals surface area contributed by atoms with Crippen molar-refractivity contribution in [3.63, 3.8) is 0 Å². The number of rotatable bonds is 7. The SMILES string of the molecule is CCn1ncc(C(=O)/C=C/c2ccc(COc3ccc(F)cc3)o2)c1C. The summed E-state index contributed by atoms with van der Waals surface area (Å²) < 4.78 is 25.8. The standard InChI is InChI=1S/C20H19FN2O3/c1-3-23-14(2)19(12-22-23)20(24)11-10-17-8-9-18(26-17)13-25-16-6-4-15(21)5-7-16/h4-12H,3,13H2,1-2H3/b11-10+. The van der Waals surface area contributed by atoms with Gasteiger partial charge in [-0.15, -0.1) is 0 Å². The molecule has 0 aliphatic heterocycles. The molecule has 2 heterocycles. The lowest BCUT2D eigenvalue weighted by Crippen LogP contribution is -2.01. The van der Waals surface area contributed by atoms with Gasteiger partial charge in [-0.05, 0) is 62.4 Å². The van der Waals surface area contributed by atoms with Crippen LogP contribution in [0.3, 0.4) is 0 Å². The van der Waals surface area contributed by atoms with E-state index in [2.05, 4.69) is 5.10 Å². The second-order valence-electron chi connectivity index (χ2n) is 5.70. The molecule has 0 fully saturated rings. The quantitative estimate of drug-likeness (QED) is 0.466. The Kier molecular flexibility index (Phi) is 5.31. The van der Waals surface area contributed by atoms with Gasteiger partial charge in [0.1, 0.15) is 29.7 Å². The average molecular weight is 354 g/mol. The van der Waals surface area contributed by atoms with Gasteiger partial charge >= 0.3 is 0 Å². The first-order valence-electron chi connectivity index (χ1n) is 8.28. The monoisotopic (exact) mass is 354 g/mol. The maximum atomic E-state index is 12.9. The number of nitrogens with zero attached hydrogens (tertiary/aromatic N) is 2. The highest BCUT2D eigenvalue weighted by molar-refractivity contribution is 6.07. The van der Waals surface area contributed by atoms with Crippen LogP contribution < -0.4 is 4.74 Å². The van der Waals surface area contributed by atoms with E-state index in [1.54, 1.807) is 41.2 Å². The number of furan rings is 1. The lowest BCUT2D eigenvalue weighted by molar-refractivity contribution is 0.104. The van der Waals surface area contributed by atoms with Crippen LogP contribution in [0.5, 0.6) is 5.75 Å². The summed E-state index contributed by atoms with van der Waals surface area (Å²) in [6.07, 6.45) is 4.66. The zero-order valence-electron chi connectivity index (χ0n) is 14.6. The smallest absolute Gasteiger partial charge is 0.189 e. The van der Waals surface area contributed by atoms with Gasteiger partial charge in [-0.2, -0.15) is 5.10 Å². The number of hydrogen-bond acceptors (Lipinski definition) is 4. The van der Waals surface area contributed by atoms with Crippen molar-refractivity contribution in [2.45, 2.75) is 27.0 Å². The highest BCUT2D eigenvalue weighted by atomic mass is 19.1. The summed E-state index contributed by atoms with van der Waals surface area (Å²) in [7, 11) is 0. The molecule has 0 aliphatic rings. The van der Waals surface area contributed by atoms with Gasteiger partial charge < -0.3 is 9.15 Å². The van der Waals surface area contributed by atoms with Crippen molar-refractivity contribution in [1.29, 1.82) is 0 Å². The number of halogens is 1. The van der Waals surface area contributed by atoms with E-state index in [1.807, 2.05) is 13.8 Å². The second kappa shape index (κ2) is 7.82. The third kappa shape index (κ3) is 4.08. The topological polar surface area (TPSA) is 57.3 Å². The Balaban J connectivity index is 1.60. The van der Waals surface area contributed by atoms with Crippen LogP contribution in [0.1, 0.15) is 34.5 Å². The normalized spacial score (nSPS) is 11.2. The van der Waals surface area contributed by atoms with E-state index in [0.717, 1.165) is 12.2 Å². The van der Waals surface area contributed by atoms with Gasteiger partial charge in [0.2, 0.25) is 0 Å². The molecule has 2 aromatic heterocycles. The molecule has 0 amide bonds. The predicted octanol–water partition coefficient (Wildman–Crippen LogP) is 4.42. The number of carbonyl (C=O) groups excluding carboxylic acids is 1. The molecule has 6 heteroatoms. The molecule has 3 rings (SSSR count). The average Bonchev–Trinajstić information content (AvgIpc) is 3.25. The Morgan fingerprint density at radius 2 is 2.04 bits per heavy atom. The molecule has 0 saturated carbocycles. The van der Waals surface area contributed by atoms with Gasteiger partial charge in [0.15, 0.2) is 5.78 Å². The first-order valence-corrected chi connectivity index (χ1v) is 8.28. The van der Waals surface area contributed by atoms with Crippen molar-refractivity contribution in [1.82, 2.24) is 9.78 Å². The van der Waals surface area contributed by atoms with Gasteiger partial charge in [0, 0.05) is 12.2 Å². The third-order valence-electron chi connectivity index (χ3n) is 3.94. The number of aryl methyl sites for hydroxylation is 1. The fraction of sp³-hybridized carbons (Fsp3) is 0.200. The van der Waals surface area contributed by atoms with Crippen molar-refractivity contribution >= 4 is 11.9 Å². The summed E-state index contributed by atoms with van der Waals surface area (Å²) >= 11 is 0. The molecule has 0 saturated heterocycles. The van der Waals surface area contributed by atoms with Crippen molar-refractivity contribution < 1.29 is 18.3 Å². The van der Waals surface area contributed by atoms with Crippen molar-refractivity contribution in [2.75, 3.05) is 0 Å². The summed E-state index contributed by atoms with van der Waals surface area (Å²) in [4.78, 5) is 12.3. The van der Waals surface area contributed by atoms with E-state index in [-0.39, 0.29) is 18.2 Å². The van der Waals surface area contributed by atoms with E-state index in [0.29, 0.717) is 22.8 Å². The molecule has 0 unspecified atom stereocenters. The Morgan fingerprint density at radius 1 is 1.27 bits per heavy atom. The summed E-state index contributed by atoms with van der Waals surface area (Å²) in [6, 6.07) is 9.30. The first-order chi connectivity index (χ1) is 12.6. The van der Waals surface area contributed by atoms with E-state index in [9.17, 15) is 9.18 Å². The van der Waals surface area contributed by atoms with Crippen LogP contribution in [-0.2, 0) is 13.2 Å². The van der Waals surface area contributed by atoms with Crippen LogP contribution in [0.25, 0.3) is 6.08 Å². The summed E-state index contributed by atoms with van der Waals surface area (Å²) in [5.41, 5.74) is 1.42. The zero-order chi connectivity index (χ0) is 18.5. The Bertz CT molecular complexity index is 923.